The van der Waals surface area contributed by atoms with Crippen LogP contribution in [0, 0.1) is 11.3 Å². The smallest absolute Gasteiger partial charge is 0.407 e. The Morgan fingerprint density at radius 2 is 1.97 bits per heavy atom. The van der Waals surface area contributed by atoms with Crippen LogP contribution >= 0.6 is 0 Å². The zero-order chi connectivity index (χ0) is 24.2. The van der Waals surface area contributed by atoms with Gasteiger partial charge in [0.2, 0.25) is 0 Å². The van der Waals surface area contributed by atoms with Crippen molar-refractivity contribution in [1.29, 1.82) is 5.26 Å². The Morgan fingerprint density at radius 3 is 2.58 bits per heavy atom. The summed E-state index contributed by atoms with van der Waals surface area (Å²) in [7, 11) is -3.30. The summed E-state index contributed by atoms with van der Waals surface area (Å²) in [5, 5.41) is 15.4. The lowest BCUT2D eigenvalue weighted by atomic mass is 10.1. The highest BCUT2D eigenvalue weighted by atomic mass is 32.2. The fraction of sp³-hybridized carbons (Fsp3) is 0.455. The zero-order valence-electron chi connectivity index (χ0n) is 19.1. The van der Waals surface area contributed by atoms with E-state index in [2.05, 4.69) is 20.6 Å². The van der Waals surface area contributed by atoms with Crippen LogP contribution < -0.4 is 15.5 Å². The van der Waals surface area contributed by atoms with Crippen LogP contribution in [0.1, 0.15) is 39.3 Å². The van der Waals surface area contributed by atoms with Gasteiger partial charge in [0.1, 0.15) is 17.5 Å². The van der Waals surface area contributed by atoms with Crippen LogP contribution in [0.3, 0.4) is 0 Å². The lowest BCUT2D eigenvalue weighted by molar-refractivity contribution is 0.0500. The molecule has 1 amide bonds. The van der Waals surface area contributed by atoms with Crippen molar-refractivity contribution in [3.8, 4) is 6.07 Å². The molecular weight excluding hydrogens is 444 g/mol. The van der Waals surface area contributed by atoms with E-state index in [0.29, 0.717) is 18.1 Å². The number of hydrogen-bond donors (Lipinski definition) is 2. The van der Waals surface area contributed by atoms with Crippen molar-refractivity contribution in [1.82, 2.24) is 15.3 Å². The number of carbonyl (C=O) groups excluding carboxylic acids is 1. The molecule has 2 N–H and O–H groups in total. The number of alkyl carbamates (subject to hydrolysis) is 1. The van der Waals surface area contributed by atoms with Crippen LogP contribution in [0.25, 0.3) is 0 Å². The number of aromatic nitrogens is 2. The number of anilines is 3. The first-order chi connectivity index (χ1) is 15.4. The first-order valence-corrected chi connectivity index (χ1v) is 12.4. The molecule has 10 nitrogen and oxygen atoms in total. The van der Waals surface area contributed by atoms with Crippen LogP contribution in [0.5, 0.6) is 0 Å². The molecule has 0 unspecified atom stereocenters. The van der Waals surface area contributed by atoms with E-state index in [1.54, 1.807) is 12.1 Å². The van der Waals surface area contributed by atoms with E-state index < -0.39 is 21.5 Å². The summed E-state index contributed by atoms with van der Waals surface area (Å²) in [6.45, 7) is 6.71. The van der Waals surface area contributed by atoms with Gasteiger partial charge < -0.3 is 20.3 Å². The lowest BCUT2D eigenvalue weighted by Crippen LogP contribution is -2.49. The summed E-state index contributed by atoms with van der Waals surface area (Å²) < 4.78 is 28.7. The predicted molar refractivity (Wildman–Crippen MR) is 124 cm³/mol. The number of rotatable bonds is 5. The molecule has 0 spiro atoms. The number of benzene rings is 1. The van der Waals surface area contributed by atoms with Gasteiger partial charge in [0.25, 0.3) is 0 Å². The Bertz CT molecular complexity index is 1150. The lowest BCUT2D eigenvalue weighted by Gasteiger charge is -2.34. The molecule has 1 aromatic heterocycles. The van der Waals surface area contributed by atoms with E-state index in [-0.39, 0.29) is 22.4 Å². The molecule has 1 saturated heterocycles. The average Bonchev–Trinajstić information content (AvgIpc) is 2.72. The quantitative estimate of drug-likeness (QED) is 0.672. The SMILES string of the molecule is CC(C)(C)OC(=O)N[C@@H]1CCCN(c2cnc(C#N)c(Nc3ccc(S(C)(=O)=O)cc3)n2)C1. The summed E-state index contributed by atoms with van der Waals surface area (Å²) >= 11 is 0. The molecule has 0 aliphatic carbocycles. The highest BCUT2D eigenvalue weighted by molar-refractivity contribution is 7.90. The minimum Gasteiger partial charge on any atom is -0.444 e. The second kappa shape index (κ2) is 9.62. The highest BCUT2D eigenvalue weighted by Crippen LogP contribution is 2.24. The fourth-order valence-corrected chi connectivity index (χ4v) is 4.03. The summed E-state index contributed by atoms with van der Waals surface area (Å²) in [6, 6.07) is 8.09. The number of carbonyl (C=O) groups is 1. The monoisotopic (exact) mass is 472 g/mol. The first kappa shape index (κ1) is 24.3. The highest BCUT2D eigenvalue weighted by Gasteiger charge is 2.25. The van der Waals surface area contributed by atoms with Gasteiger partial charge >= 0.3 is 6.09 Å². The molecule has 1 fully saturated rings. The Morgan fingerprint density at radius 1 is 1.27 bits per heavy atom. The minimum absolute atomic E-state index is 0.106. The summed E-state index contributed by atoms with van der Waals surface area (Å²) in [4.78, 5) is 23.1. The third-order valence-electron chi connectivity index (χ3n) is 4.88. The molecule has 0 radical (unpaired) electrons. The van der Waals surface area contributed by atoms with Gasteiger partial charge in [0.15, 0.2) is 21.3 Å². The Balaban J connectivity index is 1.74. The fourth-order valence-electron chi connectivity index (χ4n) is 3.40. The average molecular weight is 473 g/mol. The predicted octanol–water partition coefficient (Wildman–Crippen LogP) is 2.99. The molecule has 3 rings (SSSR count). The second-order valence-corrected chi connectivity index (χ2v) is 10.9. The number of nitrogens with zero attached hydrogens (tertiary/aromatic N) is 4. The van der Waals surface area contributed by atoms with E-state index >= 15 is 0 Å². The molecule has 33 heavy (non-hydrogen) atoms. The third kappa shape index (κ3) is 6.79. The minimum atomic E-state index is -3.30. The normalized spacial score (nSPS) is 16.6. The van der Waals surface area contributed by atoms with Crippen molar-refractivity contribution in [2.24, 2.45) is 0 Å². The maximum atomic E-state index is 12.1. The summed E-state index contributed by atoms with van der Waals surface area (Å²) in [5.41, 5.74) is 0.122. The van der Waals surface area contributed by atoms with Gasteiger partial charge in [-0.05, 0) is 57.9 Å². The first-order valence-electron chi connectivity index (χ1n) is 10.5. The third-order valence-corrected chi connectivity index (χ3v) is 6.01. The molecule has 1 atom stereocenters. The maximum absolute atomic E-state index is 12.1. The largest absolute Gasteiger partial charge is 0.444 e. The molecular formula is C22H28N6O4S. The van der Waals surface area contributed by atoms with Crippen molar-refractivity contribution in [3.63, 3.8) is 0 Å². The number of piperidine rings is 1. The zero-order valence-corrected chi connectivity index (χ0v) is 19.9. The van der Waals surface area contributed by atoms with Crippen molar-refractivity contribution >= 4 is 33.3 Å². The van der Waals surface area contributed by atoms with E-state index in [1.165, 1.54) is 18.3 Å². The van der Waals surface area contributed by atoms with Crippen LogP contribution in [0.15, 0.2) is 35.4 Å². The molecule has 176 valence electrons. The topological polar surface area (TPSA) is 137 Å². The van der Waals surface area contributed by atoms with Crippen molar-refractivity contribution in [2.45, 2.75) is 50.2 Å². The van der Waals surface area contributed by atoms with Crippen LogP contribution in [0.2, 0.25) is 0 Å². The van der Waals surface area contributed by atoms with E-state index in [4.69, 9.17) is 4.74 Å². The van der Waals surface area contributed by atoms with Gasteiger partial charge in [0.05, 0.1) is 11.1 Å². The molecule has 1 aliphatic rings. The van der Waals surface area contributed by atoms with Gasteiger partial charge in [-0.2, -0.15) is 5.26 Å². The van der Waals surface area contributed by atoms with Crippen LogP contribution in [-0.4, -0.2) is 55.5 Å². The molecule has 0 bridgehead atoms. The van der Waals surface area contributed by atoms with Crippen molar-refractivity contribution < 1.29 is 17.9 Å². The molecule has 1 aliphatic heterocycles. The maximum Gasteiger partial charge on any atom is 0.407 e. The van der Waals surface area contributed by atoms with E-state index in [1.807, 2.05) is 31.7 Å². The number of nitriles is 1. The number of nitrogens with one attached hydrogen (secondary N) is 2. The molecule has 2 heterocycles. The van der Waals surface area contributed by atoms with Gasteiger partial charge in [-0.3, -0.25) is 0 Å². The molecule has 11 heteroatoms. The standard InChI is InChI=1S/C22H28N6O4S/c1-22(2,3)32-21(29)26-16-6-5-11-28(14-16)19-13-24-18(12-23)20(27-19)25-15-7-9-17(10-8-15)33(4,30)31/h7-10,13,16H,5-6,11,14H2,1-4H3,(H,25,27)(H,26,29)/t16-/m1/s1. The van der Waals surface area contributed by atoms with Crippen molar-refractivity contribution in [3.05, 3.63) is 36.2 Å². The van der Waals surface area contributed by atoms with Crippen LogP contribution in [-0.2, 0) is 14.6 Å². The number of amides is 1. The summed E-state index contributed by atoms with van der Waals surface area (Å²) in [6.07, 6.45) is 3.88. The van der Waals surface area contributed by atoms with E-state index in [9.17, 15) is 18.5 Å². The van der Waals surface area contributed by atoms with E-state index in [0.717, 1.165) is 25.6 Å². The Kier molecular flexibility index (Phi) is 7.07. The second-order valence-electron chi connectivity index (χ2n) is 8.89. The molecule has 1 aromatic carbocycles. The molecule has 0 saturated carbocycles. The van der Waals surface area contributed by atoms with Gasteiger partial charge in [0, 0.05) is 31.1 Å². The van der Waals surface area contributed by atoms with Crippen molar-refractivity contribution in [2.75, 3.05) is 29.6 Å². The Labute approximate surface area is 193 Å². The van der Waals surface area contributed by atoms with Crippen LogP contribution in [0.4, 0.5) is 22.1 Å². The Hall–Kier alpha value is -3.39. The van der Waals surface area contributed by atoms with Gasteiger partial charge in [-0.15, -0.1) is 0 Å². The summed E-state index contributed by atoms with van der Waals surface area (Å²) in [5.74, 6) is 0.837. The molecule has 2 aromatic rings. The van der Waals surface area contributed by atoms with Gasteiger partial charge in [-0.25, -0.2) is 23.2 Å². The number of sulfone groups is 1. The number of hydrogen-bond acceptors (Lipinski definition) is 9. The van der Waals surface area contributed by atoms with Gasteiger partial charge in [-0.1, -0.05) is 0 Å². The number of ether oxygens (including phenoxy) is 1.